The monoisotopic (exact) mass is 442 g/mol. The first kappa shape index (κ1) is 23.4. The van der Waals surface area contributed by atoms with E-state index >= 15 is 0 Å². The Labute approximate surface area is 197 Å². The number of rotatable bonds is 5. The summed E-state index contributed by atoms with van der Waals surface area (Å²) in [6.07, 6.45) is 16.9. The molecular formula is C30H50O2. The summed E-state index contributed by atoms with van der Waals surface area (Å²) in [4.78, 5) is 0. The number of aliphatic hydroxyl groups excluding tert-OH is 2. The van der Waals surface area contributed by atoms with Crippen LogP contribution in [-0.4, -0.2) is 22.9 Å². The summed E-state index contributed by atoms with van der Waals surface area (Å²) in [6.45, 7) is 14.9. The van der Waals surface area contributed by atoms with Crippen molar-refractivity contribution < 1.29 is 10.2 Å². The van der Waals surface area contributed by atoms with Crippen LogP contribution in [-0.2, 0) is 0 Å². The lowest BCUT2D eigenvalue weighted by Crippen LogP contribution is -2.57. The Balaban J connectivity index is 1.38. The van der Waals surface area contributed by atoms with E-state index in [4.69, 9.17) is 0 Å². The zero-order chi connectivity index (χ0) is 23.2. The highest BCUT2D eigenvalue weighted by Crippen LogP contribution is 2.89. The summed E-state index contributed by atoms with van der Waals surface area (Å²) in [5.74, 6) is 3.27. The van der Waals surface area contributed by atoms with E-state index in [1.807, 2.05) is 6.92 Å². The van der Waals surface area contributed by atoms with Crippen molar-refractivity contribution >= 4 is 0 Å². The smallest absolute Gasteiger partial charge is 0.0639 e. The molecule has 2 heteroatoms. The molecule has 0 aromatic rings. The van der Waals surface area contributed by atoms with Crippen LogP contribution in [0.5, 0.6) is 0 Å². The van der Waals surface area contributed by atoms with Crippen molar-refractivity contribution in [2.45, 2.75) is 118 Å². The standard InChI is InChI=1S/C30H50O2/c1-20(18-31)8-7-9-21(2)22-12-14-28(6)24-11-10-23-26(3,4)25(32)13-15-29(23)19-30(24,29)17-16-27(22,28)5/h8,21-25,31-32H,7,9-19H2,1-6H3. The van der Waals surface area contributed by atoms with Gasteiger partial charge in [-0.25, -0.2) is 0 Å². The minimum atomic E-state index is -0.100. The summed E-state index contributed by atoms with van der Waals surface area (Å²) < 4.78 is 0. The molecule has 0 saturated heterocycles. The molecule has 0 heterocycles. The zero-order valence-electron chi connectivity index (χ0n) is 21.8. The first-order valence-electron chi connectivity index (χ1n) is 13.9. The quantitative estimate of drug-likeness (QED) is 0.444. The molecule has 0 radical (unpaired) electrons. The maximum Gasteiger partial charge on any atom is 0.0639 e. The molecule has 5 aliphatic carbocycles. The van der Waals surface area contributed by atoms with Gasteiger partial charge in [0.1, 0.15) is 0 Å². The van der Waals surface area contributed by atoms with Crippen LogP contribution in [0, 0.1) is 50.7 Å². The van der Waals surface area contributed by atoms with Crippen LogP contribution >= 0.6 is 0 Å². The van der Waals surface area contributed by atoms with E-state index in [1.54, 1.807) is 0 Å². The van der Waals surface area contributed by atoms with Gasteiger partial charge in [0, 0.05) is 0 Å². The Morgan fingerprint density at radius 2 is 1.59 bits per heavy atom. The fourth-order valence-corrected chi connectivity index (χ4v) is 11.2. The Kier molecular flexibility index (Phi) is 5.36. The van der Waals surface area contributed by atoms with Crippen LogP contribution < -0.4 is 0 Å². The second-order valence-corrected chi connectivity index (χ2v) is 14.3. The number of hydrogen-bond acceptors (Lipinski definition) is 2. The molecule has 0 aliphatic heterocycles. The lowest BCUT2D eigenvalue weighted by Gasteiger charge is -2.63. The minimum Gasteiger partial charge on any atom is -0.393 e. The molecule has 5 saturated carbocycles. The third-order valence-electron chi connectivity index (χ3n) is 13.2. The van der Waals surface area contributed by atoms with Crippen LogP contribution in [0.3, 0.4) is 0 Å². The van der Waals surface area contributed by atoms with E-state index in [9.17, 15) is 10.2 Å². The topological polar surface area (TPSA) is 40.5 Å². The van der Waals surface area contributed by atoms with E-state index in [0.29, 0.717) is 21.7 Å². The van der Waals surface area contributed by atoms with Gasteiger partial charge in [-0.1, -0.05) is 46.3 Å². The number of fused-ring (bicyclic) bond motifs is 2. The van der Waals surface area contributed by atoms with Crippen molar-refractivity contribution in [1.29, 1.82) is 0 Å². The summed E-state index contributed by atoms with van der Waals surface area (Å²) in [6, 6.07) is 0. The van der Waals surface area contributed by atoms with Gasteiger partial charge in [0.2, 0.25) is 0 Å². The maximum atomic E-state index is 10.8. The Morgan fingerprint density at radius 3 is 2.31 bits per heavy atom. The fraction of sp³-hybridized carbons (Fsp3) is 0.933. The van der Waals surface area contributed by atoms with Crippen LogP contribution in [0.2, 0.25) is 0 Å². The average Bonchev–Trinajstić information content (AvgIpc) is 3.33. The summed E-state index contributed by atoms with van der Waals surface area (Å²) in [5.41, 5.74) is 3.35. The molecule has 5 aliphatic rings. The largest absolute Gasteiger partial charge is 0.393 e. The molecule has 9 atom stereocenters. The molecule has 0 bridgehead atoms. The number of aliphatic hydroxyl groups is 2. The first-order valence-corrected chi connectivity index (χ1v) is 13.9. The van der Waals surface area contributed by atoms with Crippen LogP contribution in [0.15, 0.2) is 11.6 Å². The van der Waals surface area contributed by atoms with Gasteiger partial charge in [-0.3, -0.25) is 0 Å². The van der Waals surface area contributed by atoms with Crippen LogP contribution in [0.4, 0.5) is 0 Å². The predicted octanol–water partition coefficient (Wildman–Crippen LogP) is 7.14. The third kappa shape index (κ3) is 2.78. The van der Waals surface area contributed by atoms with Gasteiger partial charge in [0.15, 0.2) is 0 Å². The van der Waals surface area contributed by atoms with Gasteiger partial charge < -0.3 is 10.2 Å². The van der Waals surface area contributed by atoms with Crippen LogP contribution in [0.25, 0.3) is 0 Å². The van der Waals surface area contributed by atoms with Crippen molar-refractivity contribution in [2.75, 3.05) is 6.61 Å². The third-order valence-corrected chi connectivity index (χ3v) is 13.2. The maximum absolute atomic E-state index is 10.8. The Bertz CT molecular complexity index is 784. The highest BCUT2D eigenvalue weighted by molar-refractivity contribution is 5.30. The molecule has 0 amide bonds. The van der Waals surface area contributed by atoms with E-state index in [2.05, 4.69) is 40.7 Å². The molecule has 2 spiro atoms. The van der Waals surface area contributed by atoms with Crippen molar-refractivity contribution in [1.82, 2.24) is 0 Å². The SMILES string of the molecule is CC(=CCCC(C)C1CCC2(C)C3CCC4C(C)(C)C(O)CCC45CC35CCC12C)CO. The summed E-state index contributed by atoms with van der Waals surface area (Å²) in [5, 5.41) is 20.2. The summed E-state index contributed by atoms with van der Waals surface area (Å²) >= 11 is 0. The second-order valence-electron chi connectivity index (χ2n) is 14.3. The van der Waals surface area contributed by atoms with Gasteiger partial charge >= 0.3 is 0 Å². The molecule has 5 rings (SSSR count). The molecule has 9 unspecified atom stereocenters. The molecule has 182 valence electrons. The van der Waals surface area contributed by atoms with Crippen molar-refractivity contribution in [3.05, 3.63) is 11.6 Å². The Morgan fingerprint density at radius 1 is 0.906 bits per heavy atom. The van der Waals surface area contributed by atoms with Gasteiger partial charge in [0.05, 0.1) is 12.7 Å². The summed E-state index contributed by atoms with van der Waals surface area (Å²) in [7, 11) is 0. The van der Waals surface area contributed by atoms with Crippen LogP contribution in [0.1, 0.15) is 112 Å². The second kappa shape index (κ2) is 7.33. The molecule has 5 fully saturated rings. The highest BCUT2D eigenvalue weighted by Gasteiger charge is 2.82. The van der Waals surface area contributed by atoms with E-state index < -0.39 is 0 Å². The van der Waals surface area contributed by atoms with E-state index in [0.717, 1.165) is 42.1 Å². The van der Waals surface area contributed by atoms with Crippen molar-refractivity contribution in [2.24, 2.45) is 50.7 Å². The van der Waals surface area contributed by atoms with Crippen molar-refractivity contribution in [3.63, 3.8) is 0 Å². The highest BCUT2D eigenvalue weighted by atomic mass is 16.3. The Hall–Kier alpha value is -0.340. The molecule has 32 heavy (non-hydrogen) atoms. The molecule has 2 nitrogen and oxygen atoms in total. The lowest BCUT2D eigenvalue weighted by atomic mass is 9.41. The minimum absolute atomic E-state index is 0.0985. The van der Waals surface area contributed by atoms with Gasteiger partial charge in [0.25, 0.3) is 0 Å². The molecular weight excluding hydrogens is 392 g/mol. The molecule has 0 aromatic heterocycles. The zero-order valence-corrected chi connectivity index (χ0v) is 21.8. The van der Waals surface area contributed by atoms with E-state index in [-0.39, 0.29) is 18.1 Å². The number of hydrogen-bond donors (Lipinski definition) is 2. The van der Waals surface area contributed by atoms with Gasteiger partial charge in [-0.15, -0.1) is 0 Å². The molecule has 2 N–H and O–H groups in total. The average molecular weight is 443 g/mol. The fourth-order valence-electron chi connectivity index (χ4n) is 11.2. The van der Waals surface area contributed by atoms with Crippen molar-refractivity contribution in [3.8, 4) is 0 Å². The van der Waals surface area contributed by atoms with Gasteiger partial charge in [-0.2, -0.15) is 0 Å². The van der Waals surface area contributed by atoms with Gasteiger partial charge in [-0.05, 0) is 128 Å². The predicted molar refractivity (Wildman–Crippen MR) is 132 cm³/mol. The molecule has 0 aromatic carbocycles. The van der Waals surface area contributed by atoms with E-state index in [1.165, 1.54) is 57.8 Å². The lowest BCUT2D eigenvalue weighted by molar-refractivity contribution is -0.161. The number of allylic oxidation sites excluding steroid dienone is 1. The first-order chi connectivity index (χ1) is 15.0. The normalized spacial score (nSPS) is 52.4.